The Kier molecular flexibility index (Phi) is 186. The third kappa shape index (κ3) is 164. The second-order valence-corrected chi connectivity index (χ2v) is 1.14. The van der Waals surface area contributed by atoms with Crippen molar-refractivity contribution in [3.05, 3.63) is 0 Å². The summed E-state index contributed by atoms with van der Waals surface area (Å²) in [7, 11) is 0. The zero-order valence-corrected chi connectivity index (χ0v) is 9.70. The molecule has 0 fully saturated rings. The van der Waals surface area contributed by atoms with Crippen LogP contribution in [0.1, 0.15) is 62.7 Å². The fourth-order valence-corrected chi connectivity index (χ4v) is 0.204. The van der Waals surface area contributed by atoms with Crippen molar-refractivity contribution in [1.29, 1.82) is 0 Å². The molecule has 0 amide bonds. The lowest BCUT2D eigenvalue weighted by Crippen LogP contribution is -1.95. The Morgan fingerprint density at radius 1 is 0.909 bits per heavy atom. The predicted molar refractivity (Wildman–Crippen MR) is 60.1 cm³/mol. The molecule has 2 N–H and O–H groups in total. The normalized spacial score (nSPS) is 5.45. The molecule has 0 bridgehead atoms. The third-order valence-corrected chi connectivity index (χ3v) is 0.558. The second kappa shape index (κ2) is 91.3. The van der Waals surface area contributed by atoms with Crippen LogP contribution in [0.15, 0.2) is 0 Å². The van der Waals surface area contributed by atoms with Gasteiger partial charge in [-0.15, -0.1) is 0 Å². The Bertz CT molecular complexity index is 17.3. The summed E-state index contributed by atoms with van der Waals surface area (Å²) in [6.07, 6.45) is 2.39. The summed E-state index contributed by atoms with van der Waals surface area (Å²) in [6.45, 7) is 15.0. The maximum absolute atomic E-state index is 5.14. The molecule has 0 aliphatic heterocycles. The fourth-order valence-electron chi connectivity index (χ4n) is 0.204. The lowest BCUT2D eigenvalue weighted by Gasteiger charge is -1.80. The second-order valence-electron chi connectivity index (χ2n) is 1.14. The first kappa shape index (κ1) is 22.4. The van der Waals surface area contributed by atoms with Gasteiger partial charge in [0, 0.05) is 1.43 Å². The summed E-state index contributed by atoms with van der Waals surface area (Å²) in [5.41, 5.74) is 5.14. The van der Waals surface area contributed by atoms with E-state index in [4.69, 9.17) is 5.73 Å². The van der Waals surface area contributed by atoms with Crippen LogP contribution in [0.2, 0.25) is 0 Å². The summed E-state index contributed by atoms with van der Waals surface area (Å²) in [5.74, 6) is 0. The van der Waals surface area contributed by atoms with Crippen LogP contribution in [0.3, 0.4) is 0 Å². The lowest BCUT2D eigenvalue weighted by atomic mass is 10.3. The SMILES string of the molecule is CC.CC.CC.CCCCN.[HH]. The summed E-state index contributed by atoms with van der Waals surface area (Å²) in [5, 5.41) is 0. The molecular formula is C10H31N. The zero-order valence-electron chi connectivity index (χ0n) is 9.70. The summed E-state index contributed by atoms with van der Waals surface area (Å²) < 4.78 is 0. The standard InChI is InChI=1S/C4H11N.3C2H6.H2/c1-2-3-4-5;3*1-2;/h2-5H2,1H3;3*1-2H3;1H. The molecule has 0 aliphatic rings. The minimum absolute atomic E-state index is 0. The molecular weight excluding hydrogens is 134 g/mol. The van der Waals surface area contributed by atoms with Gasteiger partial charge in [0.05, 0.1) is 0 Å². The average molecular weight is 165 g/mol. The van der Waals surface area contributed by atoms with Gasteiger partial charge in [-0.1, -0.05) is 54.9 Å². The van der Waals surface area contributed by atoms with Crippen molar-refractivity contribution in [2.24, 2.45) is 5.73 Å². The largest absolute Gasteiger partial charge is 0.330 e. The van der Waals surface area contributed by atoms with E-state index in [1.54, 1.807) is 0 Å². The number of rotatable bonds is 2. The number of nitrogens with two attached hydrogens (primary N) is 1. The van der Waals surface area contributed by atoms with Crippen LogP contribution in [0.5, 0.6) is 0 Å². The monoisotopic (exact) mass is 165 g/mol. The maximum atomic E-state index is 5.14. The topological polar surface area (TPSA) is 26.0 Å². The molecule has 76 valence electrons. The van der Waals surface area contributed by atoms with Gasteiger partial charge in [0.15, 0.2) is 0 Å². The van der Waals surface area contributed by atoms with Crippen LogP contribution in [0, 0.1) is 0 Å². The van der Waals surface area contributed by atoms with Gasteiger partial charge in [-0.25, -0.2) is 0 Å². The average Bonchev–Trinajstić information content (AvgIpc) is 2.16. The van der Waals surface area contributed by atoms with Crippen LogP contribution in [0.25, 0.3) is 0 Å². The van der Waals surface area contributed by atoms with Crippen molar-refractivity contribution >= 4 is 0 Å². The number of hydrogen-bond donors (Lipinski definition) is 1. The molecule has 0 aromatic rings. The smallest absolute Gasteiger partial charge is 0 e. The van der Waals surface area contributed by atoms with E-state index in [1.807, 2.05) is 41.5 Å². The first-order valence-corrected chi connectivity index (χ1v) is 5.12. The van der Waals surface area contributed by atoms with Crippen molar-refractivity contribution < 1.29 is 1.43 Å². The molecule has 0 unspecified atom stereocenters. The summed E-state index contributed by atoms with van der Waals surface area (Å²) in [4.78, 5) is 0. The Labute approximate surface area is 75.9 Å². The molecule has 0 aromatic heterocycles. The highest BCUT2D eigenvalue weighted by molar-refractivity contribution is 4.29. The van der Waals surface area contributed by atoms with Crippen LogP contribution in [0.4, 0.5) is 0 Å². The lowest BCUT2D eigenvalue weighted by molar-refractivity contribution is 0.807. The highest BCUT2D eigenvalue weighted by atomic mass is 14.5. The van der Waals surface area contributed by atoms with Crippen molar-refractivity contribution in [2.75, 3.05) is 6.54 Å². The maximum Gasteiger partial charge on any atom is 0 e. The minimum atomic E-state index is 0. The van der Waals surface area contributed by atoms with E-state index in [2.05, 4.69) is 6.92 Å². The van der Waals surface area contributed by atoms with E-state index >= 15 is 0 Å². The molecule has 0 saturated heterocycles. The first-order valence-electron chi connectivity index (χ1n) is 5.12. The van der Waals surface area contributed by atoms with E-state index in [0.717, 1.165) is 6.54 Å². The van der Waals surface area contributed by atoms with E-state index in [-0.39, 0.29) is 1.43 Å². The summed E-state index contributed by atoms with van der Waals surface area (Å²) >= 11 is 0. The van der Waals surface area contributed by atoms with Gasteiger partial charge in [-0.3, -0.25) is 0 Å². The molecule has 0 radical (unpaired) electrons. The zero-order chi connectivity index (χ0) is 10.1. The first-order chi connectivity index (χ1) is 5.41. The van der Waals surface area contributed by atoms with Crippen LogP contribution in [-0.4, -0.2) is 6.54 Å². The van der Waals surface area contributed by atoms with Crippen LogP contribution in [-0.2, 0) is 0 Å². The third-order valence-electron chi connectivity index (χ3n) is 0.558. The molecule has 0 aromatic carbocycles. The Morgan fingerprint density at radius 3 is 1.18 bits per heavy atom. The fraction of sp³-hybridized carbons (Fsp3) is 1.00. The van der Waals surface area contributed by atoms with E-state index in [9.17, 15) is 0 Å². The Hall–Kier alpha value is -0.0400. The molecule has 0 aliphatic carbocycles. The van der Waals surface area contributed by atoms with E-state index in [0.29, 0.717) is 0 Å². The van der Waals surface area contributed by atoms with Crippen molar-refractivity contribution in [3.8, 4) is 0 Å². The van der Waals surface area contributed by atoms with Crippen molar-refractivity contribution in [3.63, 3.8) is 0 Å². The number of hydrogen-bond acceptors (Lipinski definition) is 1. The molecule has 0 saturated carbocycles. The Morgan fingerprint density at radius 2 is 1.18 bits per heavy atom. The van der Waals surface area contributed by atoms with Crippen LogP contribution < -0.4 is 5.73 Å². The predicted octanol–water partition coefficient (Wildman–Crippen LogP) is 4.07. The van der Waals surface area contributed by atoms with Gasteiger partial charge in [-0.05, 0) is 13.0 Å². The van der Waals surface area contributed by atoms with Gasteiger partial charge < -0.3 is 5.73 Å². The molecule has 1 nitrogen and oxygen atoms in total. The highest BCUT2D eigenvalue weighted by Crippen LogP contribution is 1.77. The molecule has 0 spiro atoms. The quantitative estimate of drug-likeness (QED) is 0.656. The van der Waals surface area contributed by atoms with Gasteiger partial charge in [0.2, 0.25) is 0 Å². The molecule has 0 atom stereocenters. The number of unbranched alkanes of at least 4 members (excludes halogenated alkanes) is 1. The molecule has 0 heterocycles. The van der Waals surface area contributed by atoms with Gasteiger partial charge >= 0.3 is 0 Å². The molecule has 0 rings (SSSR count). The van der Waals surface area contributed by atoms with E-state index in [1.165, 1.54) is 12.8 Å². The van der Waals surface area contributed by atoms with Crippen LogP contribution >= 0.6 is 0 Å². The van der Waals surface area contributed by atoms with Crippen molar-refractivity contribution in [1.82, 2.24) is 0 Å². The van der Waals surface area contributed by atoms with Crippen molar-refractivity contribution in [2.45, 2.75) is 61.3 Å². The van der Waals surface area contributed by atoms with Gasteiger partial charge in [0.1, 0.15) is 0 Å². The molecule has 1 heteroatoms. The van der Waals surface area contributed by atoms with Gasteiger partial charge in [-0.2, -0.15) is 0 Å². The highest BCUT2D eigenvalue weighted by Gasteiger charge is 1.67. The van der Waals surface area contributed by atoms with Gasteiger partial charge in [0.25, 0.3) is 0 Å². The summed E-state index contributed by atoms with van der Waals surface area (Å²) in [6, 6.07) is 0. The minimum Gasteiger partial charge on any atom is -0.330 e. The molecule has 11 heavy (non-hydrogen) atoms. The van der Waals surface area contributed by atoms with E-state index < -0.39 is 0 Å². The Balaban J connectivity index is -0.0000000203.